The van der Waals surface area contributed by atoms with Gasteiger partial charge in [-0.1, -0.05) is 145 Å². The van der Waals surface area contributed by atoms with Gasteiger partial charge in [0.2, 0.25) is 0 Å². The molecule has 0 heterocycles. The molecule has 0 spiro atoms. The molecular formula is C44H64. The predicted molar refractivity (Wildman–Crippen MR) is 200 cm³/mol. The first-order valence-corrected chi connectivity index (χ1v) is 16.7. The lowest BCUT2D eigenvalue weighted by atomic mass is 9.95. The van der Waals surface area contributed by atoms with Crippen molar-refractivity contribution in [2.75, 3.05) is 0 Å². The number of rotatable bonds is 4. The van der Waals surface area contributed by atoms with Crippen LogP contribution in [0.25, 0.3) is 0 Å². The minimum absolute atomic E-state index is 0.647. The van der Waals surface area contributed by atoms with E-state index in [9.17, 15) is 0 Å². The molecule has 240 valence electrons. The number of hydrogen-bond acceptors (Lipinski definition) is 0. The summed E-state index contributed by atoms with van der Waals surface area (Å²) in [7, 11) is 0. The van der Waals surface area contributed by atoms with Gasteiger partial charge in [0, 0.05) is 0 Å². The molecule has 0 bridgehead atoms. The van der Waals surface area contributed by atoms with Crippen LogP contribution in [0.2, 0.25) is 0 Å². The highest BCUT2D eigenvalue weighted by Gasteiger charge is 2.04. The van der Waals surface area contributed by atoms with Crippen molar-refractivity contribution in [1.82, 2.24) is 0 Å². The van der Waals surface area contributed by atoms with Crippen LogP contribution >= 0.6 is 0 Å². The highest BCUT2D eigenvalue weighted by Crippen LogP contribution is 2.22. The van der Waals surface area contributed by atoms with E-state index in [1.807, 2.05) is 0 Å². The van der Waals surface area contributed by atoms with Crippen molar-refractivity contribution in [2.45, 2.75) is 134 Å². The van der Waals surface area contributed by atoms with Gasteiger partial charge in [0.05, 0.1) is 0 Å². The Morgan fingerprint density at radius 1 is 0.341 bits per heavy atom. The zero-order valence-electron chi connectivity index (χ0n) is 31.2. The van der Waals surface area contributed by atoms with Crippen LogP contribution < -0.4 is 0 Å². The normalized spacial score (nSPS) is 10.6. The molecule has 0 unspecified atom stereocenters. The summed E-state index contributed by atoms with van der Waals surface area (Å²) in [5, 5.41) is 0. The van der Waals surface area contributed by atoms with Crippen molar-refractivity contribution < 1.29 is 0 Å². The smallest absolute Gasteiger partial charge is 0.0216 e. The van der Waals surface area contributed by atoms with E-state index in [1.165, 1.54) is 66.8 Å². The molecule has 44 heavy (non-hydrogen) atoms. The van der Waals surface area contributed by atoms with Gasteiger partial charge in [-0.15, -0.1) is 0 Å². The molecule has 0 N–H and O–H groups in total. The molecule has 0 fully saturated rings. The van der Waals surface area contributed by atoms with E-state index >= 15 is 0 Å². The van der Waals surface area contributed by atoms with Crippen molar-refractivity contribution in [2.24, 2.45) is 0 Å². The first-order chi connectivity index (χ1) is 20.4. The summed E-state index contributed by atoms with van der Waals surface area (Å²) in [6, 6.07) is 26.6. The highest BCUT2D eigenvalue weighted by molar-refractivity contribution is 5.35. The third kappa shape index (κ3) is 13.3. The SMILES string of the molecule is Cc1cc(C)cc(C(C)C)c1.Cc1ccc(C(C)C)cc1C.Cc1ccc(C)c(C(C)C)c1.Cc1cccc(C(C)C)c1C. The van der Waals surface area contributed by atoms with Crippen LogP contribution in [-0.2, 0) is 0 Å². The molecule has 0 aromatic heterocycles. The van der Waals surface area contributed by atoms with E-state index in [2.05, 4.69) is 184 Å². The predicted octanol–water partition coefficient (Wildman–Crippen LogP) is 13.7. The molecule has 0 radical (unpaired) electrons. The first kappa shape index (κ1) is 38.9. The zero-order chi connectivity index (χ0) is 33.7. The van der Waals surface area contributed by atoms with Crippen LogP contribution in [0.3, 0.4) is 0 Å². The maximum atomic E-state index is 2.28. The Balaban J connectivity index is 0.000000293. The largest absolute Gasteiger partial charge is 0.0617 e. The second-order valence-corrected chi connectivity index (χ2v) is 14.0. The first-order valence-electron chi connectivity index (χ1n) is 16.7. The van der Waals surface area contributed by atoms with Crippen molar-refractivity contribution in [3.05, 3.63) is 140 Å². The van der Waals surface area contributed by atoms with Crippen LogP contribution in [0.5, 0.6) is 0 Å². The van der Waals surface area contributed by atoms with E-state index in [-0.39, 0.29) is 0 Å². The quantitative estimate of drug-likeness (QED) is 0.221. The molecule has 0 saturated carbocycles. The molecule has 0 atom stereocenters. The van der Waals surface area contributed by atoms with Gasteiger partial charge in [-0.05, 0) is 129 Å². The van der Waals surface area contributed by atoms with Crippen LogP contribution in [0.1, 0.15) is 146 Å². The summed E-state index contributed by atoms with van der Waals surface area (Å²) in [6.07, 6.45) is 0. The van der Waals surface area contributed by atoms with Crippen LogP contribution in [0.15, 0.2) is 72.8 Å². The Morgan fingerprint density at radius 2 is 0.864 bits per heavy atom. The molecule has 4 rings (SSSR count). The summed E-state index contributed by atoms with van der Waals surface area (Å²) in [6.45, 7) is 35.2. The lowest BCUT2D eigenvalue weighted by Gasteiger charge is -2.10. The summed E-state index contributed by atoms with van der Waals surface area (Å²) >= 11 is 0. The maximum absolute atomic E-state index is 2.28. The average molecular weight is 593 g/mol. The third-order valence-electron chi connectivity index (χ3n) is 8.43. The van der Waals surface area contributed by atoms with Crippen LogP contribution in [0, 0.1) is 55.4 Å². The summed E-state index contributed by atoms with van der Waals surface area (Å²) in [5.41, 5.74) is 17.0. The molecule has 0 amide bonds. The minimum Gasteiger partial charge on any atom is -0.0617 e. The standard InChI is InChI=1S/4C11H16/c1-8(2)11-6-9(3)5-10(4)7-11;1-8(2)11-6-5-9(3)10(4)7-11;1-8(2)11-7-9(3)5-6-10(11)4;1-8(2)11-7-5-6-9(3)10(11)4/h4*5-8H,1-4H3. The van der Waals surface area contributed by atoms with Gasteiger partial charge in [-0.25, -0.2) is 0 Å². The lowest BCUT2D eigenvalue weighted by Crippen LogP contribution is -1.93. The van der Waals surface area contributed by atoms with E-state index < -0.39 is 0 Å². The van der Waals surface area contributed by atoms with Gasteiger partial charge >= 0.3 is 0 Å². The summed E-state index contributed by atoms with van der Waals surface area (Å²) in [5.74, 6) is 2.59. The zero-order valence-corrected chi connectivity index (χ0v) is 31.2. The average Bonchev–Trinajstić information content (AvgIpc) is 2.93. The van der Waals surface area contributed by atoms with Gasteiger partial charge in [0.15, 0.2) is 0 Å². The van der Waals surface area contributed by atoms with Gasteiger partial charge in [-0.2, -0.15) is 0 Å². The molecule has 0 heteroatoms. The van der Waals surface area contributed by atoms with Crippen LogP contribution in [0.4, 0.5) is 0 Å². The van der Waals surface area contributed by atoms with Gasteiger partial charge in [0.25, 0.3) is 0 Å². The summed E-state index contributed by atoms with van der Waals surface area (Å²) in [4.78, 5) is 0. The van der Waals surface area contributed by atoms with E-state index in [4.69, 9.17) is 0 Å². The highest BCUT2D eigenvalue weighted by atomic mass is 14.1. The topological polar surface area (TPSA) is 0 Å². The lowest BCUT2D eigenvalue weighted by molar-refractivity contribution is 0.854. The molecule has 0 aliphatic rings. The van der Waals surface area contributed by atoms with Gasteiger partial charge in [-0.3, -0.25) is 0 Å². The maximum Gasteiger partial charge on any atom is -0.0216 e. The van der Waals surface area contributed by atoms with Gasteiger partial charge in [0.1, 0.15) is 0 Å². The van der Waals surface area contributed by atoms with Crippen molar-refractivity contribution in [1.29, 1.82) is 0 Å². The fourth-order valence-corrected chi connectivity index (χ4v) is 5.25. The minimum atomic E-state index is 0.647. The van der Waals surface area contributed by atoms with Crippen molar-refractivity contribution in [3.63, 3.8) is 0 Å². The second kappa shape index (κ2) is 18.6. The number of benzene rings is 4. The molecule has 0 nitrogen and oxygen atoms in total. The fraction of sp³-hybridized carbons (Fsp3) is 0.455. The van der Waals surface area contributed by atoms with E-state index in [0.717, 1.165) is 0 Å². The van der Waals surface area contributed by atoms with E-state index in [1.54, 1.807) is 0 Å². The fourth-order valence-electron chi connectivity index (χ4n) is 5.25. The molecular weight excluding hydrogens is 528 g/mol. The number of hydrogen-bond donors (Lipinski definition) is 0. The van der Waals surface area contributed by atoms with Crippen molar-refractivity contribution >= 4 is 0 Å². The third-order valence-corrected chi connectivity index (χ3v) is 8.43. The Kier molecular flexibility index (Phi) is 16.5. The number of aryl methyl sites for hydroxylation is 7. The Bertz CT molecular complexity index is 1400. The van der Waals surface area contributed by atoms with E-state index in [0.29, 0.717) is 23.7 Å². The molecule has 0 aliphatic carbocycles. The van der Waals surface area contributed by atoms with Crippen molar-refractivity contribution in [3.8, 4) is 0 Å². The second-order valence-electron chi connectivity index (χ2n) is 14.0. The molecule has 4 aromatic carbocycles. The molecule has 0 aliphatic heterocycles. The Hall–Kier alpha value is -3.12. The molecule has 0 saturated heterocycles. The van der Waals surface area contributed by atoms with Gasteiger partial charge < -0.3 is 0 Å². The summed E-state index contributed by atoms with van der Waals surface area (Å²) < 4.78 is 0. The Labute approximate surface area is 273 Å². The van der Waals surface area contributed by atoms with Crippen LogP contribution in [-0.4, -0.2) is 0 Å². The monoisotopic (exact) mass is 593 g/mol. The Morgan fingerprint density at radius 3 is 1.30 bits per heavy atom. The molecule has 4 aromatic rings.